The van der Waals surface area contributed by atoms with E-state index in [-0.39, 0.29) is 5.91 Å². The average Bonchev–Trinajstić information content (AvgIpc) is 2.91. The predicted octanol–water partition coefficient (Wildman–Crippen LogP) is 3.91. The van der Waals surface area contributed by atoms with Crippen LogP contribution in [-0.2, 0) is 13.5 Å². The Morgan fingerprint density at radius 3 is 2.68 bits per heavy atom. The lowest BCUT2D eigenvalue weighted by molar-refractivity contribution is 0.0955. The lowest BCUT2D eigenvalue weighted by atomic mass is 10.1. The van der Waals surface area contributed by atoms with Crippen molar-refractivity contribution in [3.05, 3.63) is 70.3 Å². The Morgan fingerprint density at radius 2 is 1.91 bits per heavy atom. The molecule has 0 bridgehead atoms. The fourth-order valence-electron chi connectivity index (χ4n) is 2.61. The Labute approximate surface area is 138 Å². The molecule has 2 aromatic carbocycles. The Morgan fingerprint density at radius 1 is 1.14 bits per heavy atom. The van der Waals surface area contributed by atoms with Crippen molar-refractivity contribution in [3.8, 4) is 0 Å². The summed E-state index contributed by atoms with van der Waals surface area (Å²) in [6.07, 6.45) is 2.80. The molecule has 0 atom stereocenters. The van der Waals surface area contributed by atoms with E-state index in [0.717, 1.165) is 27.4 Å². The van der Waals surface area contributed by atoms with Crippen LogP contribution in [0.1, 0.15) is 15.9 Å². The zero-order valence-corrected chi connectivity index (χ0v) is 13.9. The van der Waals surface area contributed by atoms with Gasteiger partial charge in [-0.2, -0.15) is 0 Å². The number of rotatable bonds is 4. The van der Waals surface area contributed by atoms with Crippen LogP contribution < -0.4 is 5.32 Å². The van der Waals surface area contributed by atoms with E-state index in [2.05, 4.69) is 33.4 Å². The molecule has 1 N–H and O–H groups in total. The molecule has 3 aromatic rings. The van der Waals surface area contributed by atoms with Crippen LogP contribution in [0.5, 0.6) is 0 Å². The van der Waals surface area contributed by atoms with Crippen LogP contribution >= 0.6 is 15.9 Å². The van der Waals surface area contributed by atoms with Crippen molar-refractivity contribution in [2.24, 2.45) is 7.05 Å². The van der Waals surface area contributed by atoms with Gasteiger partial charge in [-0.25, -0.2) is 0 Å². The third kappa shape index (κ3) is 3.07. The Kier molecular flexibility index (Phi) is 4.29. The van der Waals surface area contributed by atoms with Crippen molar-refractivity contribution in [2.45, 2.75) is 6.42 Å². The third-order valence-electron chi connectivity index (χ3n) is 3.75. The summed E-state index contributed by atoms with van der Waals surface area (Å²) in [5.74, 6) is -0.0236. The summed E-state index contributed by atoms with van der Waals surface area (Å²) in [6.45, 7) is 0.626. The zero-order valence-electron chi connectivity index (χ0n) is 12.3. The first-order chi connectivity index (χ1) is 10.6. The normalized spacial score (nSPS) is 10.8. The number of hydrogen-bond donors (Lipinski definition) is 1. The molecule has 22 heavy (non-hydrogen) atoms. The average molecular weight is 357 g/mol. The minimum atomic E-state index is -0.0236. The van der Waals surface area contributed by atoms with Gasteiger partial charge in [-0.15, -0.1) is 0 Å². The van der Waals surface area contributed by atoms with Gasteiger partial charge in [-0.1, -0.05) is 40.2 Å². The van der Waals surface area contributed by atoms with Gasteiger partial charge in [-0.3, -0.25) is 4.79 Å². The monoisotopic (exact) mass is 356 g/mol. The van der Waals surface area contributed by atoms with Crippen molar-refractivity contribution in [2.75, 3.05) is 6.54 Å². The lowest BCUT2D eigenvalue weighted by Gasteiger charge is -2.08. The topological polar surface area (TPSA) is 34.0 Å². The summed E-state index contributed by atoms with van der Waals surface area (Å²) in [5, 5.41) is 4.09. The van der Waals surface area contributed by atoms with Crippen LogP contribution in [0.3, 0.4) is 0 Å². The maximum atomic E-state index is 12.4. The number of amides is 1. The van der Waals surface area contributed by atoms with Gasteiger partial charge < -0.3 is 9.88 Å². The van der Waals surface area contributed by atoms with Crippen LogP contribution in [0.2, 0.25) is 0 Å². The molecule has 0 aliphatic carbocycles. The summed E-state index contributed by atoms with van der Waals surface area (Å²) in [7, 11) is 1.96. The number of carbonyl (C=O) groups excluding carboxylic acids is 1. The fourth-order valence-corrected chi connectivity index (χ4v) is 2.87. The molecular formula is C18H17BrN2O. The van der Waals surface area contributed by atoms with E-state index >= 15 is 0 Å². The van der Waals surface area contributed by atoms with Crippen LogP contribution in [-0.4, -0.2) is 17.0 Å². The number of aryl methyl sites for hydroxylation is 1. The quantitative estimate of drug-likeness (QED) is 0.755. The zero-order chi connectivity index (χ0) is 15.5. The van der Waals surface area contributed by atoms with Gasteiger partial charge in [0.2, 0.25) is 0 Å². The van der Waals surface area contributed by atoms with Gasteiger partial charge >= 0.3 is 0 Å². The highest BCUT2D eigenvalue weighted by molar-refractivity contribution is 9.10. The smallest absolute Gasteiger partial charge is 0.253 e. The number of carbonyl (C=O) groups is 1. The second kappa shape index (κ2) is 6.36. The van der Waals surface area contributed by atoms with Crippen molar-refractivity contribution >= 4 is 32.7 Å². The highest BCUT2D eigenvalue weighted by Crippen LogP contribution is 2.19. The standard InChI is InChI=1S/C18H17BrN2O/c1-21-12-10-14-3-2-4-16(17(14)21)18(22)20-11-9-13-5-7-15(19)8-6-13/h2-8,10,12H,9,11H2,1H3,(H,20,22). The van der Waals surface area contributed by atoms with E-state index < -0.39 is 0 Å². The molecule has 0 fully saturated rings. The molecule has 1 aromatic heterocycles. The number of hydrogen-bond acceptors (Lipinski definition) is 1. The van der Waals surface area contributed by atoms with Crippen LogP contribution in [0, 0.1) is 0 Å². The molecule has 0 saturated carbocycles. The summed E-state index contributed by atoms with van der Waals surface area (Å²) in [6, 6.07) is 16.0. The predicted molar refractivity (Wildman–Crippen MR) is 93.1 cm³/mol. The minimum absolute atomic E-state index is 0.0236. The maximum Gasteiger partial charge on any atom is 0.253 e. The molecule has 0 aliphatic rings. The van der Waals surface area contributed by atoms with E-state index in [9.17, 15) is 4.79 Å². The van der Waals surface area contributed by atoms with Crippen LogP contribution in [0.4, 0.5) is 0 Å². The van der Waals surface area contributed by atoms with E-state index in [1.165, 1.54) is 5.56 Å². The minimum Gasteiger partial charge on any atom is -0.352 e. The molecule has 0 unspecified atom stereocenters. The molecular weight excluding hydrogens is 340 g/mol. The number of nitrogens with zero attached hydrogens (tertiary/aromatic N) is 1. The summed E-state index contributed by atoms with van der Waals surface area (Å²) in [5.41, 5.74) is 2.91. The number of benzene rings is 2. The van der Waals surface area contributed by atoms with E-state index in [0.29, 0.717) is 6.54 Å². The Bertz CT molecular complexity index is 806. The second-order valence-corrected chi connectivity index (χ2v) is 6.22. The number of nitrogens with one attached hydrogen (secondary N) is 1. The van der Waals surface area contributed by atoms with E-state index in [1.54, 1.807) is 0 Å². The first-order valence-electron chi connectivity index (χ1n) is 7.22. The van der Waals surface area contributed by atoms with Gasteiger partial charge in [-0.05, 0) is 36.2 Å². The molecule has 0 aliphatic heterocycles. The van der Waals surface area contributed by atoms with Gasteiger partial charge in [0, 0.05) is 29.6 Å². The van der Waals surface area contributed by atoms with Gasteiger partial charge in [0.25, 0.3) is 5.91 Å². The first-order valence-corrected chi connectivity index (χ1v) is 8.01. The van der Waals surface area contributed by atoms with Crippen molar-refractivity contribution in [3.63, 3.8) is 0 Å². The highest BCUT2D eigenvalue weighted by Gasteiger charge is 2.11. The van der Waals surface area contributed by atoms with Gasteiger partial charge in [0.05, 0.1) is 11.1 Å². The van der Waals surface area contributed by atoms with Gasteiger partial charge in [0.15, 0.2) is 0 Å². The van der Waals surface area contributed by atoms with E-state index in [4.69, 9.17) is 0 Å². The van der Waals surface area contributed by atoms with Crippen molar-refractivity contribution in [1.29, 1.82) is 0 Å². The summed E-state index contributed by atoms with van der Waals surface area (Å²) < 4.78 is 3.05. The first kappa shape index (κ1) is 14.9. The largest absolute Gasteiger partial charge is 0.352 e. The van der Waals surface area contributed by atoms with Crippen LogP contribution in [0.25, 0.3) is 10.9 Å². The Hall–Kier alpha value is -2.07. The van der Waals surface area contributed by atoms with Gasteiger partial charge in [0.1, 0.15) is 0 Å². The molecule has 4 heteroatoms. The number of fused-ring (bicyclic) bond motifs is 1. The number of halogens is 1. The lowest BCUT2D eigenvalue weighted by Crippen LogP contribution is -2.26. The fraction of sp³-hybridized carbons (Fsp3) is 0.167. The number of para-hydroxylation sites is 1. The molecule has 0 saturated heterocycles. The molecule has 3 rings (SSSR count). The molecule has 0 spiro atoms. The molecule has 112 valence electrons. The Balaban J connectivity index is 1.69. The molecule has 0 radical (unpaired) electrons. The summed E-state index contributed by atoms with van der Waals surface area (Å²) in [4.78, 5) is 12.4. The third-order valence-corrected chi connectivity index (χ3v) is 4.28. The molecule has 1 heterocycles. The van der Waals surface area contributed by atoms with Crippen molar-refractivity contribution in [1.82, 2.24) is 9.88 Å². The second-order valence-electron chi connectivity index (χ2n) is 5.30. The maximum absolute atomic E-state index is 12.4. The summed E-state index contributed by atoms with van der Waals surface area (Å²) >= 11 is 3.42. The molecule has 1 amide bonds. The molecule has 3 nitrogen and oxygen atoms in total. The van der Waals surface area contributed by atoms with E-state index in [1.807, 2.05) is 54.2 Å². The SMILES string of the molecule is Cn1ccc2cccc(C(=O)NCCc3ccc(Br)cc3)c21. The van der Waals surface area contributed by atoms with Crippen molar-refractivity contribution < 1.29 is 4.79 Å². The number of aromatic nitrogens is 1. The van der Waals surface area contributed by atoms with Crippen LogP contribution in [0.15, 0.2) is 59.2 Å². The highest BCUT2D eigenvalue weighted by atomic mass is 79.9.